The first kappa shape index (κ1) is 17.3. The molecular formula is C12H9Br2INOY-. The second kappa shape index (κ2) is 7.29. The molecule has 0 spiro atoms. The van der Waals surface area contributed by atoms with Crippen LogP contribution < -0.4 is 0 Å². The zero-order valence-electron chi connectivity index (χ0n) is 9.58. The van der Waals surface area contributed by atoms with Gasteiger partial charge in [0.05, 0.1) is 3.92 Å². The number of carbonyl (C=O) groups excluding carboxylic acids is 1. The number of hydrogen-bond acceptors (Lipinski definition) is 1. The molecule has 0 bridgehead atoms. The number of amides is 1. The second-order valence-electron chi connectivity index (χ2n) is 3.72. The first-order valence-electron chi connectivity index (χ1n) is 4.98. The van der Waals surface area contributed by atoms with Crippen LogP contribution >= 0.6 is 54.5 Å². The van der Waals surface area contributed by atoms with E-state index in [9.17, 15) is 4.79 Å². The number of alkyl halides is 1. The molecule has 1 aromatic rings. The minimum Gasteiger partial charge on any atom is -0.350 e. The molecule has 1 amide bonds. The number of allylic oxidation sites excluding steroid dienone is 1. The molecule has 2 nitrogen and oxygen atoms in total. The van der Waals surface area contributed by atoms with Crippen LogP contribution in [0.1, 0.15) is 12.0 Å². The summed E-state index contributed by atoms with van der Waals surface area (Å²) in [6, 6.07) is 5.91. The van der Waals surface area contributed by atoms with E-state index < -0.39 is 0 Å². The van der Waals surface area contributed by atoms with Crippen molar-refractivity contribution >= 4 is 66.1 Å². The molecule has 0 saturated heterocycles. The molecule has 1 aromatic carbocycles. The molecule has 2 rings (SSSR count). The van der Waals surface area contributed by atoms with Crippen molar-refractivity contribution in [1.29, 1.82) is 0 Å². The first-order valence-corrected chi connectivity index (χ1v) is 7.81. The van der Waals surface area contributed by atoms with Gasteiger partial charge in [0.2, 0.25) is 5.91 Å². The molecule has 1 aliphatic rings. The van der Waals surface area contributed by atoms with Gasteiger partial charge in [0, 0.05) is 44.2 Å². The largest absolute Gasteiger partial charge is 0.350 e. The summed E-state index contributed by atoms with van der Waals surface area (Å²) in [6.45, 7) is 0. The van der Waals surface area contributed by atoms with E-state index in [0.717, 1.165) is 20.2 Å². The van der Waals surface area contributed by atoms with Gasteiger partial charge in [-0.05, 0) is 0 Å². The van der Waals surface area contributed by atoms with Crippen molar-refractivity contribution in [2.24, 2.45) is 0 Å². The van der Waals surface area contributed by atoms with Crippen LogP contribution in [0.25, 0.3) is 5.70 Å². The average molecular weight is 559 g/mol. The minimum atomic E-state index is -0.00410. The van der Waals surface area contributed by atoms with Crippen LogP contribution in [0.4, 0.5) is 0 Å². The zero-order valence-corrected chi connectivity index (χ0v) is 17.8. The summed E-state index contributed by atoms with van der Waals surface area (Å²) in [7, 11) is 1.80. The fourth-order valence-electron chi connectivity index (χ4n) is 1.67. The predicted molar refractivity (Wildman–Crippen MR) is 83.7 cm³/mol. The molecule has 6 heteroatoms. The Kier molecular flexibility index (Phi) is 7.00. The number of hydrogen-bond donors (Lipinski definition) is 0. The van der Waals surface area contributed by atoms with Gasteiger partial charge < -0.3 is 4.90 Å². The minimum absolute atomic E-state index is 0. The van der Waals surface area contributed by atoms with Gasteiger partial charge in [-0.1, -0.05) is 77.5 Å². The quantitative estimate of drug-likeness (QED) is 0.290. The van der Waals surface area contributed by atoms with Crippen molar-refractivity contribution in [2.45, 2.75) is 10.3 Å². The number of rotatable bonds is 1. The number of carbonyl (C=O) groups is 1. The Morgan fingerprint density at radius 2 is 2.11 bits per heavy atom. The van der Waals surface area contributed by atoms with E-state index in [4.69, 9.17) is 0 Å². The van der Waals surface area contributed by atoms with E-state index >= 15 is 0 Å². The van der Waals surface area contributed by atoms with E-state index in [-0.39, 0.29) is 42.5 Å². The fraction of sp³-hybridized carbons (Fsp3) is 0.250. The molecule has 1 atom stereocenters. The van der Waals surface area contributed by atoms with Gasteiger partial charge >= 0.3 is 0 Å². The summed E-state index contributed by atoms with van der Waals surface area (Å²) >= 11 is 9.09. The Labute approximate surface area is 162 Å². The van der Waals surface area contributed by atoms with Crippen molar-refractivity contribution in [2.75, 3.05) is 7.05 Å². The van der Waals surface area contributed by atoms with Crippen LogP contribution in [0, 0.1) is 6.08 Å². The van der Waals surface area contributed by atoms with E-state index in [0.29, 0.717) is 6.42 Å². The molecule has 18 heavy (non-hydrogen) atoms. The van der Waals surface area contributed by atoms with Crippen molar-refractivity contribution < 1.29 is 37.5 Å². The SMILES string of the molecule is CN1C(=O)C(I)C[C-]=C1c1ccc(Br)cc1Br.[Y]. The fourth-order valence-corrected chi connectivity index (χ4v) is 3.54. The van der Waals surface area contributed by atoms with Crippen LogP contribution in [0.2, 0.25) is 0 Å². The molecule has 0 aliphatic carbocycles. The topological polar surface area (TPSA) is 20.3 Å². The monoisotopic (exact) mass is 557 g/mol. The molecule has 0 fully saturated rings. The van der Waals surface area contributed by atoms with Crippen LogP contribution in [-0.2, 0) is 37.5 Å². The van der Waals surface area contributed by atoms with Crippen molar-refractivity contribution in [3.63, 3.8) is 0 Å². The van der Waals surface area contributed by atoms with Gasteiger partial charge in [-0.25, -0.2) is 6.08 Å². The van der Waals surface area contributed by atoms with Gasteiger partial charge in [-0.15, -0.1) is 17.3 Å². The van der Waals surface area contributed by atoms with Gasteiger partial charge in [-0.3, -0.25) is 4.79 Å². The van der Waals surface area contributed by atoms with E-state index in [1.54, 1.807) is 11.9 Å². The molecule has 0 aromatic heterocycles. The Bertz CT molecular complexity index is 507. The van der Waals surface area contributed by atoms with Crippen LogP contribution in [0.5, 0.6) is 0 Å². The molecule has 1 radical (unpaired) electrons. The van der Waals surface area contributed by atoms with E-state index in [1.807, 2.05) is 18.2 Å². The number of nitrogens with zero attached hydrogens (tertiary/aromatic N) is 1. The van der Waals surface area contributed by atoms with Gasteiger partial charge in [-0.2, -0.15) is 0 Å². The van der Waals surface area contributed by atoms with Crippen molar-refractivity contribution in [3.8, 4) is 0 Å². The first-order chi connectivity index (χ1) is 8.00. The maximum atomic E-state index is 11.9. The van der Waals surface area contributed by atoms with Crippen LogP contribution in [0.3, 0.4) is 0 Å². The Morgan fingerprint density at radius 3 is 2.72 bits per heavy atom. The van der Waals surface area contributed by atoms with E-state index in [2.05, 4.69) is 60.5 Å². The number of halogens is 3. The van der Waals surface area contributed by atoms with E-state index in [1.165, 1.54) is 0 Å². The maximum absolute atomic E-state index is 11.9. The van der Waals surface area contributed by atoms with Gasteiger partial charge in [0.1, 0.15) is 0 Å². The summed E-state index contributed by atoms with van der Waals surface area (Å²) < 4.78 is 1.96. The Morgan fingerprint density at radius 1 is 1.44 bits per heavy atom. The third-order valence-electron chi connectivity index (χ3n) is 2.57. The third-order valence-corrected chi connectivity index (χ3v) is 4.69. The van der Waals surface area contributed by atoms with Crippen molar-refractivity contribution in [3.05, 3.63) is 38.8 Å². The summed E-state index contributed by atoms with van der Waals surface area (Å²) in [6.07, 6.45) is 3.96. The zero-order chi connectivity index (χ0) is 12.6. The third kappa shape index (κ3) is 3.65. The second-order valence-corrected chi connectivity index (χ2v) is 6.99. The molecule has 1 heterocycles. The normalized spacial score (nSPS) is 19.3. The van der Waals surface area contributed by atoms with Gasteiger partial charge in [0.25, 0.3) is 0 Å². The standard InChI is InChI=1S/C12H9Br2INO.Y/c1-16-11(5-4-10(15)12(16)17)8-3-2-7(13)6-9(8)14;/h2-3,6,10H,4H2,1H3;/q-1;. The molecule has 0 saturated carbocycles. The summed E-state index contributed by atoms with van der Waals surface area (Å²) in [5, 5.41) is 0. The van der Waals surface area contributed by atoms with Gasteiger partial charge in [0.15, 0.2) is 0 Å². The maximum Gasteiger partial charge on any atom is 0.235 e. The Hall–Kier alpha value is 1.22. The Balaban J connectivity index is 0.00000162. The molecule has 1 unspecified atom stereocenters. The number of benzene rings is 1. The summed E-state index contributed by atoms with van der Waals surface area (Å²) in [4.78, 5) is 13.6. The van der Waals surface area contributed by atoms with Crippen molar-refractivity contribution in [1.82, 2.24) is 4.90 Å². The van der Waals surface area contributed by atoms with Crippen LogP contribution in [0.15, 0.2) is 27.1 Å². The van der Waals surface area contributed by atoms with Crippen LogP contribution in [-0.4, -0.2) is 21.8 Å². The smallest absolute Gasteiger partial charge is 0.235 e. The molecular weight excluding hydrogens is 550 g/mol. The molecule has 1 aliphatic heterocycles. The average Bonchev–Trinajstić information content (AvgIpc) is 2.28. The molecule has 0 N–H and O–H groups in total. The predicted octanol–water partition coefficient (Wildman–Crippen LogP) is 4.02. The summed E-state index contributed by atoms with van der Waals surface area (Å²) in [5.41, 5.74) is 1.84. The summed E-state index contributed by atoms with van der Waals surface area (Å²) in [5.74, 6) is 0.133. The molecule has 93 valence electrons.